The Bertz CT molecular complexity index is 268. The van der Waals surface area contributed by atoms with Gasteiger partial charge in [-0.3, -0.25) is 0 Å². The summed E-state index contributed by atoms with van der Waals surface area (Å²) in [6.45, 7) is 11.2. The minimum atomic E-state index is -1.11. The highest BCUT2D eigenvalue weighted by Crippen LogP contribution is 2.22. The normalized spacial score (nSPS) is 17.9. The van der Waals surface area contributed by atoms with Gasteiger partial charge in [-0.1, -0.05) is 51.9 Å². The molecule has 0 bridgehead atoms. The van der Waals surface area contributed by atoms with E-state index in [1.54, 1.807) is 0 Å². The maximum Gasteiger partial charge on any atom is 0.488 e. The van der Waals surface area contributed by atoms with E-state index in [0.717, 1.165) is 19.6 Å². The van der Waals surface area contributed by atoms with Gasteiger partial charge >= 0.3 is 7.12 Å². The lowest BCUT2D eigenvalue weighted by atomic mass is 9.77. The summed E-state index contributed by atoms with van der Waals surface area (Å²) in [7, 11) is -1.16. The van der Waals surface area contributed by atoms with Crippen LogP contribution in [0.2, 0.25) is 25.7 Å². The fourth-order valence-electron chi connectivity index (χ4n) is 2.42. The van der Waals surface area contributed by atoms with Gasteiger partial charge in [0, 0.05) is 21.3 Å². The standard InChI is InChI=1S/C15H31BO2Si/c1-5-6-7-8-9-11-15(14-19(2,3)4)16-17-12-10-13-18-16/h11H,5-10,12-14H2,1-4H3/b15-11-. The molecule has 0 aromatic heterocycles. The Labute approximate surface area is 121 Å². The second-order valence-electron chi connectivity index (χ2n) is 6.79. The lowest BCUT2D eigenvalue weighted by Gasteiger charge is -2.26. The second kappa shape index (κ2) is 8.98. The van der Waals surface area contributed by atoms with Crippen LogP contribution in [0.1, 0.15) is 45.4 Å². The number of allylic oxidation sites excluding steroid dienone is 2. The predicted octanol–water partition coefficient (Wildman–Crippen LogP) is 4.69. The van der Waals surface area contributed by atoms with Crippen molar-refractivity contribution in [1.29, 1.82) is 0 Å². The maximum atomic E-state index is 5.80. The summed E-state index contributed by atoms with van der Waals surface area (Å²) in [6, 6.07) is 1.20. The highest BCUT2D eigenvalue weighted by Gasteiger charge is 2.29. The average Bonchev–Trinajstić information content (AvgIpc) is 2.37. The molecule has 0 atom stereocenters. The van der Waals surface area contributed by atoms with Gasteiger partial charge in [0.05, 0.1) is 0 Å². The minimum absolute atomic E-state index is 0.0494. The van der Waals surface area contributed by atoms with Crippen molar-refractivity contribution < 1.29 is 9.31 Å². The van der Waals surface area contributed by atoms with E-state index in [4.69, 9.17) is 9.31 Å². The van der Waals surface area contributed by atoms with Gasteiger partial charge in [-0.15, -0.1) is 0 Å². The van der Waals surface area contributed by atoms with Crippen molar-refractivity contribution in [3.05, 3.63) is 11.5 Å². The van der Waals surface area contributed by atoms with Gasteiger partial charge in [0.1, 0.15) is 0 Å². The molecule has 0 saturated carbocycles. The Balaban J connectivity index is 2.49. The van der Waals surface area contributed by atoms with Gasteiger partial charge < -0.3 is 9.31 Å². The predicted molar refractivity (Wildman–Crippen MR) is 87.3 cm³/mol. The molecule has 1 aliphatic heterocycles. The van der Waals surface area contributed by atoms with Crippen molar-refractivity contribution >= 4 is 15.2 Å². The van der Waals surface area contributed by atoms with Crippen molar-refractivity contribution in [3.63, 3.8) is 0 Å². The van der Waals surface area contributed by atoms with Gasteiger partial charge in [0.2, 0.25) is 0 Å². The Morgan fingerprint density at radius 1 is 1.11 bits per heavy atom. The third kappa shape index (κ3) is 7.95. The van der Waals surface area contributed by atoms with Crippen LogP contribution in [-0.4, -0.2) is 28.4 Å². The van der Waals surface area contributed by atoms with E-state index in [-0.39, 0.29) is 7.12 Å². The van der Waals surface area contributed by atoms with E-state index in [1.807, 2.05) is 0 Å². The van der Waals surface area contributed by atoms with Crippen LogP contribution in [0.3, 0.4) is 0 Å². The topological polar surface area (TPSA) is 18.5 Å². The number of hydrogen-bond donors (Lipinski definition) is 0. The molecule has 110 valence electrons. The summed E-state index contributed by atoms with van der Waals surface area (Å²) in [6.07, 6.45) is 9.93. The number of unbranched alkanes of at least 4 members (excludes halogenated alkanes) is 4. The Hall–Kier alpha value is -0.0582. The molecule has 0 spiro atoms. The molecular weight excluding hydrogens is 251 g/mol. The lowest BCUT2D eigenvalue weighted by molar-refractivity contribution is 0.140. The first-order valence-corrected chi connectivity index (χ1v) is 11.7. The molecule has 0 unspecified atom stereocenters. The zero-order valence-corrected chi connectivity index (χ0v) is 14.3. The van der Waals surface area contributed by atoms with Crippen LogP contribution in [0.25, 0.3) is 0 Å². The molecule has 19 heavy (non-hydrogen) atoms. The molecule has 1 fully saturated rings. The van der Waals surface area contributed by atoms with Crippen molar-refractivity contribution in [2.75, 3.05) is 13.2 Å². The first kappa shape index (κ1) is 17.0. The molecule has 0 amide bonds. The summed E-state index contributed by atoms with van der Waals surface area (Å²) in [5, 5.41) is 0. The van der Waals surface area contributed by atoms with E-state index < -0.39 is 8.07 Å². The average molecular weight is 282 g/mol. The summed E-state index contributed by atoms with van der Waals surface area (Å²) in [5.41, 5.74) is 1.41. The SMILES string of the molecule is CCCCCC/C=C(/C[Si](C)(C)C)B1OCCCO1. The van der Waals surface area contributed by atoms with Crippen LogP contribution in [0.5, 0.6) is 0 Å². The quantitative estimate of drug-likeness (QED) is 0.475. The van der Waals surface area contributed by atoms with Crippen LogP contribution in [0.4, 0.5) is 0 Å². The molecule has 2 nitrogen and oxygen atoms in total. The van der Waals surface area contributed by atoms with Crippen LogP contribution in [0, 0.1) is 0 Å². The molecule has 0 aromatic rings. The number of rotatable bonds is 8. The summed E-state index contributed by atoms with van der Waals surface area (Å²) >= 11 is 0. The molecule has 1 rings (SSSR count). The van der Waals surface area contributed by atoms with Gasteiger partial charge in [-0.2, -0.15) is 0 Å². The largest absolute Gasteiger partial charge is 0.488 e. The third-order valence-electron chi connectivity index (χ3n) is 3.33. The highest BCUT2D eigenvalue weighted by atomic mass is 28.3. The first-order chi connectivity index (χ1) is 9.03. The van der Waals surface area contributed by atoms with Crippen molar-refractivity contribution in [2.24, 2.45) is 0 Å². The second-order valence-corrected chi connectivity index (χ2v) is 12.3. The number of hydrogen-bond acceptors (Lipinski definition) is 2. The molecule has 0 radical (unpaired) electrons. The summed E-state index contributed by atoms with van der Waals surface area (Å²) < 4.78 is 11.6. The molecule has 1 heterocycles. The van der Waals surface area contributed by atoms with E-state index in [1.165, 1.54) is 43.6 Å². The fraction of sp³-hybridized carbons (Fsp3) is 0.867. The van der Waals surface area contributed by atoms with Gasteiger partial charge in [-0.05, 0) is 30.8 Å². The Morgan fingerprint density at radius 3 is 2.37 bits per heavy atom. The highest BCUT2D eigenvalue weighted by molar-refractivity contribution is 6.78. The third-order valence-corrected chi connectivity index (χ3v) is 4.80. The van der Waals surface area contributed by atoms with E-state index in [2.05, 4.69) is 32.6 Å². The monoisotopic (exact) mass is 282 g/mol. The first-order valence-electron chi connectivity index (χ1n) is 7.95. The van der Waals surface area contributed by atoms with Crippen LogP contribution in [-0.2, 0) is 9.31 Å². The molecule has 0 aliphatic carbocycles. The van der Waals surface area contributed by atoms with Gasteiger partial charge in [0.15, 0.2) is 0 Å². The Kier molecular flexibility index (Phi) is 8.04. The smallest absolute Gasteiger partial charge is 0.407 e. The van der Waals surface area contributed by atoms with Gasteiger partial charge in [0.25, 0.3) is 0 Å². The van der Waals surface area contributed by atoms with E-state index >= 15 is 0 Å². The molecule has 1 aliphatic rings. The molecule has 0 N–H and O–H groups in total. The molecule has 4 heteroatoms. The van der Waals surface area contributed by atoms with Crippen LogP contribution in [0.15, 0.2) is 11.5 Å². The van der Waals surface area contributed by atoms with E-state index in [9.17, 15) is 0 Å². The zero-order chi connectivity index (χ0) is 14.1. The van der Waals surface area contributed by atoms with Crippen molar-refractivity contribution in [1.82, 2.24) is 0 Å². The lowest BCUT2D eigenvalue weighted by Crippen LogP contribution is -2.35. The summed E-state index contributed by atoms with van der Waals surface area (Å²) in [5.74, 6) is 0. The fourth-order valence-corrected chi connectivity index (χ4v) is 3.96. The van der Waals surface area contributed by atoms with Crippen LogP contribution >= 0.6 is 0 Å². The van der Waals surface area contributed by atoms with Gasteiger partial charge in [-0.25, -0.2) is 0 Å². The zero-order valence-electron chi connectivity index (χ0n) is 13.3. The van der Waals surface area contributed by atoms with E-state index in [0.29, 0.717) is 0 Å². The Morgan fingerprint density at radius 2 is 1.79 bits per heavy atom. The molecule has 0 aromatic carbocycles. The van der Waals surface area contributed by atoms with Crippen LogP contribution < -0.4 is 0 Å². The minimum Gasteiger partial charge on any atom is -0.407 e. The summed E-state index contributed by atoms with van der Waals surface area (Å²) in [4.78, 5) is 0. The molecule has 1 saturated heterocycles. The maximum absolute atomic E-state index is 5.80. The van der Waals surface area contributed by atoms with Crippen molar-refractivity contribution in [3.8, 4) is 0 Å². The van der Waals surface area contributed by atoms with Crippen molar-refractivity contribution in [2.45, 2.75) is 71.1 Å². The molecular formula is C15H31BO2Si.